The van der Waals surface area contributed by atoms with E-state index >= 15 is 0 Å². The van der Waals surface area contributed by atoms with Crippen molar-refractivity contribution in [3.05, 3.63) is 65.4 Å². The quantitative estimate of drug-likeness (QED) is 0.624. The highest BCUT2D eigenvalue weighted by atomic mass is 35.5. The van der Waals surface area contributed by atoms with Crippen molar-refractivity contribution >= 4 is 40.9 Å². The van der Waals surface area contributed by atoms with Gasteiger partial charge in [-0.3, -0.25) is 9.59 Å². The van der Waals surface area contributed by atoms with Gasteiger partial charge in [-0.25, -0.2) is 4.90 Å². The van der Waals surface area contributed by atoms with Crippen LogP contribution in [0.15, 0.2) is 70.3 Å². The van der Waals surface area contributed by atoms with Crippen molar-refractivity contribution in [2.45, 2.75) is 4.90 Å². The Morgan fingerprint density at radius 1 is 0.957 bits per heavy atom. The molecule has 0 spiro atoms. The van der Waals surface area contributed by atoms with E-state index in [0.29, 0.717) is 11.4 Å². The normalized spacial score (nSPS) is 14.6. The van der Waals surface area contributed by atoms with Crippen LogP contribution in [0.4, 0.5) is 5.69 Å². The number of rotatable bonds is 4. The van der Waals surface area contributed by atoms with Gasteiger partial charge in [-0.1, -0.05) is 29.8 Å². The molecular formula is C17H12ClNO3S. The molecular weight excluding hydrogens is 334 g/mol. The second-order valence-corrected chi connectivity index (χ2v) is 5.96. The lowest BCUT2D eigenvalue weighted by Gasteiger charge is -2.14. The van der Waals surface area contributed by atoms with Crippen LogP contribution in [0.25, 0.3) is 0 Å². The Bertz CT molecular complexity index is 787. The summed E-state index contributed by atoms with van der Waals surface area (Å²) in [7, 11) is 0. The first-order valence-electron chi connectivity index (χ1n) is 6.77. The lowest BCUT2D eigenvalue weighted by molar-refractivity contribution is -0.121. The van der Waals surface area contributed by atoms with E-state index < -0.39 is 11.8 Å². The summed E-state index contributed by atoms with van der Waals surface area (Å²) in [6.07, 6.45) is 1.96. The number of amides is 2. The van der Waals surface area contributed by atoms with Crippen LogP contribution in [0.5, 0.6) is 5.75 Å². The Hall–Kier alpha value is -2.24. The molecule has 0 bridgehead atoms. The van der Waals surface area contributed by atoms with Crippen molar-refractivity contribution in [1.29, 1.82) is 0 Å². The fourth-order valence-corrected chi connectivity index (χ4v) is 2.76. The topological polar surface area (TPSA) is 46.6 Å². The smallest absolute Gasteiger partial charge is 0.302 e. The summed E-state index contributed by atoms with van der Waals surface area (Å²) in [4.78, 5) is 26.8. The number of hydrogen-bond donors (Lipinski definition) is 0. The van der Waals surface area contributed by atoms with Gasteiger partial charge >= 0.3 is 5.91 Å². The van der Waals surface area contributed by atoms with E-state index in [0.717, 1.165) is 9.80 Å². The molecule has 116 valence electrons. The van der Waals surface area contributed by atoms with Gasteiger partial charge in [0.15, 0.2) is 5.03 Å². The van der Waals surface area contributed by atoms with Gasteiger partial charge in [0.25, 0.3) is 5.91 Å². The fraction of sp³-hybridized carbons (Fsp3) is 0.0588. The third-order valence-electron chi connectivity index (χ3n) is 3.28. The van der Waals surface area contributed by atoms with Crippen LogP contribution in [-0.2, 0) is 9.59 Å². The molecule has 0 fully saturated rings. The minimum Gasteiger partial charge on any atom is -0.450 e. The highest BCUT2D eigenvalue weighted by Crippen LogP contribution is 2.31. The zero-order valence-corrected chi connectivity index (χ0v) is 13.7. The van der Waals surface area contributed by atoms with Gasteiger partial charge in [-0.2, -0.15) is 0 Å². The summed E-state index contributed by atoms with van der Waals surface area (Å²) < 4.78 is 5.55. The number of nitrogens with zero attached hydrogens (tertiary/aromatic N) is 1. The predicted octanol–water partition coefficient (Wildman–Crippen LogP) is 3.81. The van der Waals surface area contributed by atoms with Crippen LogP contribution in [-0.4, -0.2) is 18.1 Å². The molecule has 1 aliphatic rings. The SMILES string of the molecule is CSc1ccc(OC2=C(Cl)C(=O)N(c3ccccc3)C2=O)cc1. The van der Waals surface area contributed by atoms with Crippen LogP contribution in [0.3, 0.4) is 0 Å². The molecule has 0 saturated carbocycles. The molecule has 6 heteroatoms. The van der Waals surface area contributed by atoms with Crippen molar-refractivity contribution in [2.24, 2.45) is 0 Å². The van der Waals surface area contributed by atoms with Crippen molar-refractivity contribution < 1.29 is 14.3 Å². The molecule has 0 atom stereocenters. The maximum absolute atomic E-state index is 12.5. The van der Waals surface area contributed by atoms with Gasteiger partial charge < -0.3 is 4.74 Å². The number of carbonyl (C=O) groups is 2. The summed E-state index contributed by atoms with van der Waals surface area (Å²) in [6, 6.07) is 15.8. The Labute approximate surface area is 142 Å². The number of halogens is 1. The van der Waals surface area contributed by atoms with Crippen LogP contribution in [0, 0.1) is 0 Å². The van der Waals surface area contributed by atoms with Gasteiger partial charge in [-0.05, 0) is 42.7 Å². The van der Waals surface area contributed by atoms with Crippen molar-refractivity contribution in [2.75, 3.05) is 11.2 Å². The van der Waals surface area contributed by atoms with Gasteiger partial charge in [0.1, 0.15) is 5.75 Å². The number of anilines is 1. The van der Waals surface area contributed by atoms with E-state index in [1.807, 2.05) is 18.4 Å². The summed E-state index contributed by atoms with van der Waals surface area (Å²) in [5.74, 6) is -0.858. The number of imide groups is 1. The molecule has 2 amide bonds. The summed E-state index contributed by atoms with van der Waals surface area (Å²) in [6.45, 7) is 0. The molecule has 2 aromatic rings. The Kier molecular flexibility index (Phi) is 4.41. The van der Waals surface area contributed by atoms with E-state index in [4.69, 9.17) is 16.3 Å². The fourth-order valence-electron chi connectivity index (χ4n) is 2.14. The molecule has 1 heterocycles. The van der Waals surface area contributed by atoms with Crippen LogP contribution < -0.4 is 9.64 Å². The molecule has 0 aromatic heterocycles. The van der Waals surface area contributed by atoms with Crippen LogP contribution >= 0.6 is 23.4 Å². The molecule has 0 N–H and O–H groups in total. The summed E-state index contributed by atoms with van der Waals surface area (Å²) >= 11 is 7.61. The summed E-state index contributed by atoms with van der Waals surface area (Å²) in [5, 5.41) is -0.215. The summed E-state index contributed by atoms with van der Waals surface area (Å²) in [5.41, 5.74) is 0.456. The molecule has 0 saturated heterocycles. The highest BCUT2D eigenvalue weighted by molar-refractivity contribution is 7.98. The zero-order chi connectivity index (χ0) is 16.4. The van der Waals surface area contributed by atoms with Crippen molar-refractivity contribution in [1.82, 2.24) is 0 Å². The van der Waals surface area contributed by atoms with E-state index in [-0.39, 0.29) is 10.8 Å². The number of hydrogen-bond acceptors (Lipinski definition) is 4. The first kappa shape index (κ1) is 15.6. The second-order valence-electron chi connectivity index (χ2n) is 4.70. The molecule has 4 nitrogen and oxygen atoms in total. The lowest BCUT2D eigenvalue weighted by Crippen LogP contribution is -2.31. The Morgan fingerprint density at radius 2 is 1.61 bits per heavy atom. The minimum absolute atomic E-state index is 0.155. The maximum Gasteiger partial charge on any atom is 0.302 e. The van der Waals surface area contributed by atoms with E-state index in [2.05, 4.69) is 0 Å². The van der Waals surface area contributed by atoms with Gasteiger partial charge in [0.05, 0.1) is 5.69 Å². The third-order valence-corrected chi connectivity index (χ3v) is 4.36. The lowest BCUT2D eigenvalue weighted by atomic mass is 10.3. The second kappa shape index (κ2) is 6.48. The molecule has 0 radical (unpaired) electrons. The zero-order valence-electron chi connectivity index (χ0n) is 12.2. The number of para-hydroxylation sites is 1. The van der Waals surface area contributed by atoms with E-state index in [1.165, 1.54) is 0 Å². The van der Waals surface area contributed by atoms with Crippen LogP contribution in [0.2, 0.25) is 0 Å². The maximum atomic E-state index is 12.5. The monoisotopic (exact) mass is 345 g/mol. The number of thioether (sulfide) groups is 1. The Balaban J connectivity index is 1.87. The first-order chi connectivity index (χ1) is 11.1. The molecule has 0 aliphatic carbocycles. The molecule has 1 aliphatic heterocycles. The van der Waals surface area contributed by atoms with Gasteiger partial charge in [0.2, 0.25) is 5.76 Å². The van der Waals surface area contributed by atoms with Crippen molar-refractivity contribution in [3.8, 4) is 5.75 Å². The average molecular weight is 346 g/mol. The van der Waals surface area contributed by atoms with E-state index in [9.17, 15) is 9.59 Å². The Morgan fingerprint density at radius 3 is 2.22 bits per heavy atom. The van der Waals surface area contributed by atoms with E-state index in [1.54, 1.807) is 54.2 Å². The average Bonchev–Trinajstić information content (AvgIpc) is 2.80. The van der Waals surface area contributed by atoms with Crippen LogP contribution in [0.1, 0.15) is 0 Å². The molecule has 0 unspecified atom stereocenters. The number of benzene rings is 2. The number of carbonyl (C=O) groups excluding carboxylic acids is 2. The third kappa shape index (κ3) is 2.98. The standard InChI is InChI=1S/C17H12ClNO3S/c1-23-13-9-7-12(8-10-13)22-15-14(18)16(20)19(17(15)21)11-5-3-2-4-6-11/h2-10H,1H3. The number of ether oxygens (including phenoxy) is 1. The molecule has 3 rings (SSSR count). The first-order valence-corrected chi connectivity index (χ1v) is 8.37. The van der Waals surface area contributed by atoms with Crippen molar-refractivity contribution in [3.63, 3.8) is 0 Å². The largest absolute Gasteiger partial charge is 0.450 e. The molecule has 2 aromatic carbocycles. The van der Waals surface area contributed by atoms with Gasteiger partial charge in [0, 0.05) is 4.90 Å². The minimum atomic E-state index is -0.585. The predicted molar refractivity (Wildman–Crippen MR) is 90.7 cm³/mol. The molecule has 23 heavy (non-hydrogen) atoms. The van der Waals surface area contributed by atoms with Gasteiger partial charge in [-0.15, -0.1) is 11.8 Å². The highest BCUT2D eigenvalue weighted by Gasteiger charge is 2.40.